The summed E-state index contributed by atoms with van der Waals surface area (Å²) in [6.07, 6.45) is 4.38. The summed E-state index contributed by atoms with van der Waals surface area (Å²) in [5.41, 5.74) is 1.08. The lowest BCUT2D eigenvalue weighted by Crippen LogP contribution is -2.21. The molecule has 0 radical (unpaired) electrons. The number of aliphatic hydroxyl groups is 1. The van der Waals surface area contributed by atoms with Gasteiger partial charge in [-0.3, -0.25) is 0 Å². The highest BCUT2D eigenvalue weighted by molar-refractivity contribution is 7.05. The van der Waals surface area contributed by atoms with Gasteiger partial charge in [0.15, 0.2) is 0 Å². The van der Waals surface area contributed by atoms with Crippen molar-refractivity contribution in [2.45, 2.75) is 44.6 Å². The fourth-order valence-corrected chi connectivity index (χ4v) is 2.94. The summed E-state index contributed by atoms with van der Waals surface area (Å²) in [6, 6.07) is 2.11. The van der Waals surface area contributed by atoms with Crippen LogP contribution >= 0.6 is 11.5 Å². The maximum absolute atomic E-state index is 9.81. The van der Waals surface area contributed by atoms with Gasteiger partial charge in [0.1, 0.15) is 0 Å². The normalized spacial score (nSPS) is 29.1. The smallest absolute Gasteiger partial charge is 0.0617 e. The second kappa shape index (κ2) is 3.76. The Morgan fingerprint density at radius 1 is 1.46 bits per heavy atom. The zero-order valence-corrected chi connectivity index (χ0v) is 8.68. The molecular formula is C10H15NOS. The van der Waals surface area contributed by atoms with Crippen LogP contribution in [0.1, 0.15) is 42.2 Å². The van der Waals surface area contributed by atoms with E-state index < -0.39 is 0 Å². The SMILES string of the molecule is Cc1cc(C2CCCCC2O)sn1. The van der Waals surface area contributed by atoms with Crippen molar-refractivity contribution in [3.63, 3.8) is 0 Å². The summed E-state index contributed by atoms with van der Waals surface area (Å²) in [4.78, 5) is 1.27. The minimum absolute atomic E-state index is 0.131. The Morgan fingerprint density at radius 3 is 2.85 bits per heavy atom. The molecule has 3 heteroatoms. The molecule has 2 unspecified atom stereocenters. The van der Waals surface area contributed by atoms with E-state index in [1.54, 1.807) is 11.5 Å². The molecule has 0 saturated heterocycles. The second-order valence-electron chi connectivity index (χ2n) is 3.83. The highest BCUT2D eigenvalue weighted by Gasteiger charge is 2.25. The van der Waals surface area contributed by atoms with Gasteiger partial charge in [-0.05, 0) is 37.4 Å². The first-order valence-corrected chi connectivity index (χ1v) is 5.66. The van der Waals surface area contributed by atoms with Crippen molar-refractivity contribution in [2.24, 2.45) is 0 Å². The Labute approximate surface area is 82.8 Å². The van der Waals surface area contributed by atoms with E-state index in [9.17, 15) is 5.11 Å². The second-order valence-corrected chi connectivity index (χ2v) is 4.67. The quantitative estimate of drug-likeness (QED) is 0.750. The Hall–Kier alpha value is -0.410. The first kappa shape index (κ1) is 9.16. The van der Waals surface area contributed by atoms with Crippen LogP contribution in [0, 0.1) is 6.92 Å². The number of rotatable bonds is 1. The molecule has 0 amide bonds. The summed E-state index contributed by atoms with van der Waals surface area (Å²) in [6.45, 7) is 2.01. The van der Waals surface area contributed by atoms with Gasteiger partial charge in [-0.1, -0.05) is 12.8 Å². The molecule has 1 heterocycles. The van der Waals surface area contributed by atoms with Crippen molar-refractivity contribution in [1.82, 2.24) is 4.37 Å². The van der Waals surface area contributed by atoms with Crippen LogP contribution in [-0.2, 0) is 0 Å². The molecule has 1 aromatic rings. The fourth-order valence-electron chi connectivity index (χ4n) is 2.00. The third-order valence-electron chi connectivity index (χ3n) is 2.74. The van der Waals surface area contributed by atoms with Gasteiger partial charge < -0.3 is 5.11 Å². The minimum Gasteiger partial charge on any atom is -0.392 e. The molecule has 1 saturated carbocycles. The lowest BCUT2D eigenvalue weighted by atomic mass is 9.85. The molecule has 0 spiro atoms. The van der Waals surface area contributed by atoms with Gasteiger partial charge in [0, 0.05) is 10.8 Å². The molecule has 72 valence electrons. The van der Waals surface area contributed by atoms with Crippen molar-refractivity contribution in [3.05, 3.63) is 16.6 Å². The van der Waals surface area contributed by atoms with Gasteiger partial charge >= 0.3 is 0 Å². The monoisotopic (exact) mass is 197 g/mol. The molecule has 1 fully saturated rings. The number of hydrogen-bond donors (Lipinski definition) is 1. The molecule has 1 N–H and O–H groups in total. The molecule has 2 nitrogen and oxygen atoms in total. The number of nitrogens with zero attached hydrogens (tertiary/aromatic N) is 1. The minimum atomic E-state index is -0.131. The first-order valence-electron chi connectivity index (χ1n) is 4.88. The summed E-state index contributed by atoms with van der Waals surface area (Å²) in [5, 5.41) is 9.81. The highest BCUT2D eigenvalue weighted by Crippen LogP contribution is 2.35. The Bertz CT molecular complexity index is 284. The lowest BCUT2D eigenvalue weighted by molar-refractivity contribution is 0.107. The highest BCUT2D eigenvalue weighted by atomic mass is 32.1. The predicted octanol–water partition coefficient (Wildman–Crippen LogP) is 2.47. The molecule has 1 aliphatic rings. The van der Waals surface area contributed by atoms with E-state index in [1.165, 1.54) is 17.7 Å². The predicted molar refractivity (Wildman–Crippen MR) is 54.1 cm³/mol. The van der Waals surface area contributed by atoms with E-state index in [2.05, 4.69) is 10.4 Å². The third kappa shape index (κ3) is 1.92. The lowest BCUT2D eigenvalue weighted by Gasteiger charge is -2.26. The van der Waals surface area contributed by atoms with E-state index in [1.807, 2.05) is 6.92 Å². The molecule has 0 aromatic carbocycles. The van der Waals surface area contributed by atoms with Crippen LogP contribution in [0.25, 0.3) is 0 Å². The molecular weight excluding hydrogens is 182 g/mol. The molecule has 1 aliphatic carbocycles. The molecule has 1 aromatic heterocycles. The van der Waals surface area contributed by atoms with E-state index in [4.69, 9.17) is 0 Å². The average molecular weight is 197 g/mol. The standard InChI is InChI=1S/C10H15NOS/c1-7-6-10(13-11-7)8-4-2-3-5-9(8)12/h6,8-9,12H,2-5H2,1H3. The summed E-state index contributed by atoms with van der Waals surface area (Å²) in [5.74, 6) is 0.361. The molecule has 0 aliphatic heterocycles. The van der Waals surface area contributed by atoms with E-state index in [0.29, 0.717) is 5.92 Å². The fraction of sp³-hybridized carbons (Fsp3) is 0.700. The van der Waals surface area contributed by atoms with Gasteiger partial charge in [-0.25, -0.2) is 0 Å². The van der Waals surface area contributed by atoms with Gasteiger partial charge in [0.25, 0.3) is 0 Å². The van der Waals surface area contributed by atoms with Gasteiger partial charge in [-0.15, -0.1) is 0 Å². The van der Waals surface area contributed by atoms with Crippen molar-refractivity contribution in [3.8, 4) is 0 Å². The van der Waals surface area contributed by atoms with Crippen LogP contribution in [0.2, 0.25) is 0 Å². The third-order valence-corrected chi connectivity index (χ3v) is 3.75. The van der Waals surface area contributed by atoms with Crippen LogP contribution < -0.4 is 0 Å². The summed E-state index contributed by atoms with van der Waals surface area (Å²) in [7, 11) is 0. The topological polar surface area (TPSA) is 33.1 Å². The maximum Gasteiger partial charge on any atom is 0.0617 e. The van der Waals surface area contributed by atoms with Crippen LogP contribution in [0.5, 0.6) is 0 Å². The summed E-state index contributed by atoms with van der Waals surface area (Å²) >= 11 is 1.55. The molecule has 2 rings (SSSR count). The van der Waals surface area contributed by atoms with E-state index in [-0.39, 0.29) is 6.10 Å². The largest absolute Gasteiger partial charge is 0.392 e. The zero-order chi connectivity index (χ0) is 9.26. The maximum atomic E-state index is 9.81. The number of aliphatic hydroxyl groups excluding tert-OH is 1. The Balaban J connectivity index is 2.14. The molecule has 13 heavy (non-hydrogen) atoms. The summed E-state index contributed by atoms with van der Waals surface area (Å²) < 4.78 is 4.26. The van der Waals surface area contributed by atoms with Crippen molar-refractivity contribution < 1.29 is 5.11 Å². The zero-order valence-electron chi connectivity index (χ0n) is 7.86. The average Bonchev–Trinajstić information content (AvgIpc) is 2.53. The van der Waals surface area contributed by atoms with Crippen LogP contribution in [0.3, 0.4) is 0 Å². The van der Waals surface area contributed by atoms with Crippen molar-refractivity contribution >= 4 is 11.5 Å². The number of aryl methyl sites for hydroxylation is 1. The van der Waals surface area contributed by atoms with Gasteiger partial charge in [0.05, 0.1) is 11.8 Å². The van der Waals surface area contributed by atoms with Crippen LogP contribution in [0.15, 0.2) is 6.07 Å². The van der Waals surface area contributed by atoms with Crippen molar-refractivity contribution in [1.29, 1.82) is 0 Å². The first-order chi connectivity index (χ1) is 6.27. The van der Waals surface area contributed by atoms with Crippen LogP contribution in [0.4, 0.5) is 0 Å². The number of aromatic nitrogens is 1. The van der Waals surface area contributed by atoms with E-state index in [0.717, 1.165) is 18.5 Å². The van der Waals surface area contributed by atoms with Crippen molar-refractivity contribution in [2.75, 3.05) is 0 Å². The van der Waals surface area contributed by atoms with Gasteiger partial charge in [0.2, 0.25) is 0 Å². The molecule has 0 bridgehead atoms. The van der Waals surface area contributed by atoms with E-state index >= 15 is 0 Å². The van der Waals surface area contributed by atoms with Gasteiger partial charge in [-0.2, -0.15) is 4.37 Å². The molecule has 2 atom stereocenters. The number of hydrogen-bond acceptors (Lipinski definition) is 3. The Morgan fingerprint density at radius 2 is 2.23 bits per heavy atom. The Kier molecular flexibility index (Phi) is 2.65. The van der Waals surface area contributed by atoms with Crippen LogP contribution in [-0.4, -0.2) is 15.6 Å².